The van der Waals surface area contributed by atoms with Crippen LogP contribution in [0.25, 0.3) is 0 Å². The average Bonchev–Trinajstić information content (AvgIpc) is 3.35. The molecule has 30 heavy (non-hydrogen) atoms. The lowest BCUT2D eigenvalue weighted by atomic mass is 10.0. The number of piperidine rings is 1. The van der Waals surface area contributed by atoms with E-state index in [1.165, 1.54) is 4.90 Å². The van der Waals surface area contributed by atoms with E-state index in [1.54, 1.807) is 0 Å². The Hall–Kier alpha value is -2.10. The monoisotopic (exact) mass is 427 g/mol. The molecule has 0 bridgehead atoms. The van der Waals surface area contributed by atoms with Crippen molar-refractivity contribution >= 4 is 23.6 Å². The lowest BCUT2D eigenvalue weighted by molar-refractivity contribution is -0.148. The average molecular weight is 427 g/mol. The van der Waals surface area contributed by atoms with Crippen LogP contribution in [0, 0.1) is 5.92 Å². The number of nitrogens with zero attached hydrogens (tertiary/aromatic N) is 3. The molecule has 0 radical (unpaired) electrons. The van der Waals surface area contributed by atoms with Gasteiger partial charge in [-0.05, 0) is 25.7 Å². The molecule has 2 atom stereocenters. The maximum absolute atomic E-state index is 13.6. The Morgan fingerprint density at radius 1 is 1.20 bits per heavy atom. The number of carbonyl (C=O) groups excluding carboxylic acids is 3. The maximum atomic E-state index is 13.6. The van der Waals surface area contributed by atoms with Gasteiger partial charge in [0.05, 0.1) is 6.54 Å². The van der Waals surface area contributed by atoms with Crippen LogP contribution < -0.4 is 11.5 Å². The molecule has 1 aliphatic carbocycles. The molecule has 2 saturated heterocycles. The van der Waals surface area contributed by atoms with Crippen molar-refractivity contribution in [2.24, 2.45) is 22.4 Å². The van der Waals surface area contributed by atoms with E-state index in [2.05, 4.69) is 4.99 Å². The van der Waals surface area contributed by atoms with Gasteiger partial charge in [0.1, 0.15) is 11.9 Å². The second-order valence-electron chi connectivity index (χ2n) is 8.70. The van der Waals surface area contributed by atoms with E-state index in [1.807, 2.05) is 0 Å². The number of halogens is 2. The summed E-state index contributed by atoms with van der Waals surface area (Å²) < 4.78 is 27.1. The highest BCUT2D eigenvalue weighted by Crippen LogP contribution is 2.28. The molecule has 0 unspecified atom stereocenters. The Morgan fingerprint density at radius 2 is 1.90 bits per heavy atom. The number of alkyl halides is 2. The Balaban J connectivity index is 1.55. The van der Waals surface area contributed by atoms with E-state index >= 15 is 0 Å². The van der Waals surface area contributed by atoms with Gasteiger partial charge in [-0.3, -0.25) is 14.4 Å². The fourth-order valence-electron chi connectivity index (χ4n) is 4.59. The Bertz CT molecular complexity index is 709. The molecule has 0 aromatic rings. The van der Waals surface area contributed by atoms with Gasteiger partial charge in [0.15, 0.2) is 0 Å². The van der Waals surface area contributed by atoms with Crippen LogP contribution in [0.4, 0.5) is 8.78 Å². The Morgan fingerprint density at radius 3 is 2.60 bits per heavy atom. The molecule has 10 heteroatoms. The van der Waals surface area contributed by atoms with Gasteiger partial charge in [-0.25, -0.2) is 8.78 Å². The number of likely N-dealkylation sites (tertiary alicyclic amines) is 2. The summed E-state index contributed by atoms with van der Waals surface area (Å²) in [6.07, 6.45) is 4.39. The summed E-state index contributed by atoms with van der Waals surface area (Å²) >= 11 is 0. The molecule has 1 saturated carbocycles. The lowest BCUT2D eigenvalue weighted by Gasteiger charge is -2.34. The maximum Gasteiger partial charge on any atom is 0.270 e. The summed E-state index contributed by atoms with van der Waals surface area (Å²) in [6, 6.07) is -1.44. The first-order chi connectivity index (χ1) is 14.2. The number of amides is 3. The number of aliphatic imine (C=N–C) groups is 1. The molecule has 2 aliphatic heterocycles. The molecule has 3 rings (SSSR count). The summed E-state index contributed by atoms with van der Waals surface area (Å²) in [4.78, 5) is 43.8. The van der Waals surface area contributed by atoms with Crippen molar-refractivity contribution in [1.29, 1.82) is 0 Å². The minimum Gasteiger partial charge on any atom is -0.387 e. The number of nitrogens with two attached hydrogens (primary N) is 2. The van der Waals surface area contributed by atoms with Crippen LogP contribution in [0.1, 0.15) is 57.8 Å². The van der Waals surface area contributed by atoms with Crippen LogP contribution in [0.2, 0.25) is 0 Å². The van der Waals surface area contributed by atoms with Crippen LogP contribution in [0.5, 0.6) is 0 Å². The second-order valence-corrected chi connectivity index (χ2v) is 8.70. The molecule has 0 aromatic carbocycles. The fraction of sp³-hybridized carbons (Fsp3) is 0.800. The van der Waals surface area contributed by atoms with E-state index in [4.69, 9.17) is 11.5 Å². The summed E-state index contributed by atoms with van der Waals surface area (Å²) in [5.41, 5.74) is 12.0. The van der Waals surface area contributed by atoms with Crippen LogP contribution in [0.3, 0.4) is 0 Å². The smallest absolute Gasteiger partial charge is 0.270 e. The standard InChI is InChI=1S/C20H31F2N5O3/c21-20(22)8-7-16(28)26(12-20)11-14(23)10-17(29)27-9-3-6-15(27)19(30)25-18(24)13-4-1-2-5-13/h13-15H,1-12,23H2,(H2,24,25,30)/t14-,15-/m0/s1. The molecule has 4 N–H and O–H groups in total. The number of rotatable bonds is 6. The summed E-state index contributed by atoms with van der Waals surface area (Å²) in [7, 11) is 0. The summed E-state index contributed by atoms with van der Waals surface area (Å²) in [5.74, 6) is -3.57. The molecule has 3 aliphatic rings. The Kier molecular flexibility index (Phi) is 7.05. The zero-order valence-corrected chi connectivity index (χ0v) is 17.2. The van der Waals surface area contributed by atoms with Gasteiger partial charge >= 0.3 is 0 Å². The first-order valence-corrected chi connectivity index (χ1v) is 10.7. The van der Waals surface area contributed by atoms with Crippen molar-refractivity contribution in [3.63, 3.8) is 0 Å². The lowest BCUT2D eigenvalue weighted by Crippen LogP contribution is -2.51. The van der Waals surface area contributed by atoms with Crippen molar-refractivity contribution in [2.45, 2.75) is 75.8 Å². The van der Waals surface area contributed by atoms with Gasteiger partial charge in [0, 0.05) is 44.3 Å². The number of hydrogen-bond acceptors (Lipinski definition) is 4. The van der Waals surface area contributed by atoms with Gasteiger partial charge in [-0.1, -0.05) is 12.8 Å². The van der Waals surface area contributed by atoms with Crippen molar-refractivity contribution in [3.05, 3.63) is 0 Å². The minimum absolute atomic E-state index is 0.112. The molecule has 2 heterocycles. The van der Waals surface area contributed by atoms with E-state index in [0.717, 1.165) is 30.6 Å². The normalized spacial score (nSPS) is 26.3. The molecule has 0 aromatic heterocycles. The minimum atomic E-state index is -2.93. The van der Waals surface area contributed by atoms with Gasteiger partial charge in [-0.2, -0.15) is 4.99 Å². The zero-order chi connectivity index (χ0) is 21.9. The molecule has 168 valence electrons. The van der Waals surface area contributed by atoms with E-state index < -0.39 is 36.9 Å². The van der Waals surface area contributed by atoms with Gasteiger partial charge in [0.25, 0.3) is 11.8 Å². The summed E-state index contributed by atoms with van der Waals surface area (Å²) in [5, 5.41) is 0. The largest absolute Gasteiger partial charge is 0.387 e. The first-order valence-electron chi connectivity index (χ1n) is 10.7. The quantitative estimate of drug-likeness (QED) is 0.484. The first kappa shape index (κ1) is 22.6. The van der Waals surface area contributed by atoms with Crippen LogP contribution in [-0.4, -0.2) is 71.0 Å². The zero-order valence-electron chi connectivity index (χ0n) is 17.2. The van der Waals surface area contributed by atoms with Gasteiger partial charge in [0.2, 0.25) is 11.8 Å². The third kappa shape index (κ3) is 5.53. The second kappa shape index (κ2) is 9.36. The number of carbonyl (C=O) groups is 3. The molecular formula is C20H31F2N5O3. The number of amidine groups is 1. The topological polar surface area (TPSA) is 122 Å². The summed E-state index contributed by atoms with van der Waals surface area (Å²) in [6.45, 7) is -0.366. The third-order valence-electron chi connectivity index (χ3n) is 6.24. The highest BCUT2D eigenvalue weighted by Gasteiger charge is 2.40. The molecular weight excluding hydrogens is 396 g/mol. The molecule has 3 fully saturated rings. The predicted octanol–water partition coefficient (Wildman–Crippen LogP) is 1.03. The van der Waals surface area contributed by atoms with Crippen molar-refractivity contribution in [3.8, 4) is 0 Å². The van der Waals surface area contributed by atoms with Crippen molar-refractivity contribution < 1.29 is 23.2 Å². The van der Waals surface area contributed by atoms with Crippen LogP contribution in [0.15, 0.2) is 4.99 Å². The van der Waals surface area contributed by atoms with E-state index in [0.29, 0.717) is 25.2 Å². The van der Waals surface area contributed by atoms with Crippen LogP contribution >= 0.6 is 0 Å². The predicted molar refractivity (Wildman–Crippen MR) is 107 cm³/mol. The third-order valence-corrected chi connectivity index (χ3v) is 6.24. The number of hydrogen-bond donors (Lipinski definition) is 2. The van der Waals surface area contributed by atoms with Crippen molar-refractivity contribution in [1.82, 2.24) is 9.80 Å². The Labute approximate surface area is 175 Å². The molecule has 0 spiro atoms. The van der Waals surface area contributed by atoms with Gasteiger partial charge < -0.3 is 21.3 Å². The van der Waals surface area contributed by atoms with Gasteiger partial charge in [-0.15, -0.1) is 0 Å². The highest BCUT2D eigenvalue weighted by atomic mass is 19.3. The van der Waals surface area contributed by atoms with Crippen LogP contribution in [-0.2, 0) is 14.4 Å². The fourth-order valence-corrected chi connectivity index (χ4v) is 4.59. The highest BCUT2D eigenvalue weighted by molar-refractivity contribution is 5.98. The SMILES string of the molecule is NC(=NC(=O)[C@@H]1CCCN1C(=O)C[C@H](N)CN1CC(F)(F)CCC1=O)C1CCCC1. The van der Waals surface area contributed by atoms with Crippen molar-refractivity contribution in [2.75, 3.05) is 19.6 Å². The molecule has 3 amide bonds. The molecule has 8 nitrogen and oxygen atoms in total. The van der Waals surface area contributed by atoms with E-state index in [-0.39, 0.29) is 37.1 Å². The van der Waals surface area contributed by atoms with E-state index in [9.17, 15) is 23.2 Å².